The number of hydrogen-bond donors (Lipinski definition) is 1. The molecule has 0 radical (unpaired) electrons. The molecule has 1 aromatic heterocycles. The zero-order valence-electron chi connectivity index (χ0n) is 13.1. The van der Waals surface area contributed by atoms with Crippen molar-refractivity contribution in [1.82, 2.24) is 15.3 Å². The Morgan fingerprint density at radius 2 is 2.20 bits per heavy atom. The summed E-state index contributed by atoms with van der Waals surface area (Å²) in [5.41, 5.74) is 1.03. The maximum absolute atomic E-state index is 4.59. The van der Waals surface area contributed by atoms with Crippen molar-refractivity contribution in [3.05, 3.63) is 18.1 Å². The molecule has 4 nitrogen and oxygen atoms in total. The minimum Gasteiger partial charge on any atom is -0.355 e. The molecule has 1 saturated heterocycles. The van der Waals surface area contributed by atoms with Gasteiger partial charge in [0.1, 0.15) is 5.82 Å². The Morgan fingerprint density at radius 3 is 2.85 bits per heavy atom. The number of nitrogens with one attached hydrogen (secondary N) is 1. The maximum Gasteiger partial charge on any atom is 0.147 e. The molecule has 1 aliphatic rings. The van der Waals surface area contributed by atoms with E-state index in [0.29, 0.717) is 5.92 Å². The summed E-state index contributed by atoms with van der Waals surface area (Å²) in [4.78, 5) is 11.5. The van der Waals surface area contributed by atoms with Crippen LogP contribution in [0.5, 0.6) is 0 Å². The first-order valence-corrected chi connectivity index (χ1v) is 7.95. The van der Waals surface area contributed by atoms with Gasteiger partial charge in [0.15, 0.2) is 0 Å². The molecular weight excluding hydrogens is 248 g/mol. The number of rotatable bonds is 6. The van der Waals surface area contributed by atoms with Crippen LogP contribution in [0.25, 0.3) is 0 Å². The Morgan fingerprint density at radius 1 is 1.35 bits per heavy atom. The average molecular weight is 276 g/mol. The molecule has 0 saturated carbocycles. The smallest absolute Gasteiger partial charge is 0.147 e. The van der Waals surface area contributed by atoms with Gasteiger partial charge in [-0.3, -0.25) is 4.98 Å². The van der Waals surface area contributed by atoms with Crippen LogP contribution in [0, 0.1) is 11.8 Å². The summed E-state index contributed by atoms with van der Waals surface area (Å²) in [6.07, 6.45) is 7.75. The van der Waals surface area contributed by atoms with Gasteiger partial charge in [0, 0.05) is 19.6 Å². The summed E-state index contributed by atoms with van der Waals surface area (Å²) >= 11 is 0. The van der Waals surface area contributed by atoms with E-state index in [1.165, 1.54) is 19.3 Å². The minimum atomic E-state index is 0.668. The number of nitrogens with zero attached hydrogens (tertiary/aromatic N) is 3. The van der Waals surface area contributed by atoms with Gasteiger partial charge < -0.3 is 10.2 Å². The molecule has 112 valence electrons. The molecule has 20 heavy (non-hydrogen) atoms. The molecule has 0 aromatic carbocycles. The number of aromatic nitrogens is 2. The monoisotopic (exact) mass is 276 g/mol. The predicted molar refractivity (Wildman–Crippen MR) is 83.8 cm³/mol. The van der Waals surface area contributed by atoms with Crippen molar-refractivity contribution < 1.29 is 0 Å². The number of piperidine rings is 1. The first-order chi connectivity index (χ1) is 9.69. The van der Waals surface area contributed by atoms with Crippen LogP contribution < -0.4 is 10.2 Å². The third-order valence-corrected chi connectivity index (χ3v) is 3.97. The standard InChI is InChI=1S/C16H28N4/c1-4-14-6-5-7-20(12-14)16-11-18-15(10-19-16)9-17-8-13(2)3/h10-11,13-14,17H,4-9,12H2,1-3H3. The SMILES string of the molecule is CCC1CCCN(c2cnc(CNCC(C)C)cn2)C1. The Kier molecular flexibility index (Phi) is 5.77. The molecule has 2 heterocycles. The average Bonchev–Trinajstić information content (AvgIpc) is 2.48. The molecule has 4 heteroatoms. The zero-order valence-corrected chi connectivity index (χ0v) is 13.1. The quantitative estimate of drug-likeness (QED) is 0.867. The lowest BCUT2D eigenvalue weighted by molar-refractivity contribution is 0.402. The molecule has 1 aromatic rings. The fraction of sp³-hybridized carbons (Fsp3) is 0.750. The van der Waals surface area contributed by atoms with E-state index < -0.39 is 0 Å². The lowest BCUT2D eigenvalue weighted by Crippen LogP contribution is -2.35. The van der Waals surface area contributed by atoms with Crippen molar-refractivity contribution in [2.24, 2.45) is 11.8 Å². The first-order valence-electron chi connectivity index (χ1n) is 7.95. The molecule has 1 atom stereocenters. The van der Waals surface area contributed by atoms with E-state index in [0.717, 1.165) is 43.6 Å². The second-order valence-electron chi connectivity index (χ2n) is 6.25. The molecule has 0 aliphatic carbocycles. The fourth-order valence-corrected chi connectivity index (χ4v) is 2.70. The van der Waals surface area contributed by atoms with Crippen LogP contribution in [-0.4, -0.2) is 29.6 Å². The highest BCUT2D eigenvalue weighted by Gasteiger charge is 2.19. The van der Waals surface area contributed by atoms with Crippen LogP contribution in [0.3, 0.4) is 0 Å². The Bertz CT molecular complexity index is 388. The van der Waals surface area contributed by atoms with E-state index in [1.807, 2.05) is 12.4 Å². The Balaban J connectivity index is 1.87. The molecule has 0 amide bonds. The van der Waals surface area contributed by atoms with Gasteiger partial charge >= 0.3 is 0 Å². The Labute approximate surface area is 123 Å². The number of anilines is 1. The van der Waals surface area contributed by atoms with E-state index in [2.05, 4.69) is 41.0 Å². The summed E-state index contributed by atoms with van der Waals surface area (Å²) in [6.45, 7) is 10.8. The Hall–Kier alpha value is -1.16. The zero-order chi connectivity index (χ0) is 14.4. The van der Waals surface area contributed by atoms with E-state index >= 15 is 0 Å². The number of hydrogen-bond acceptors (Lipinski definition) is 4. The van der Waals surface area contributed by atoms with Gasteiger partial charge in [0.2, 0.25) is 0 Å². The highest BCUT2D eigenvalue weighted by Crippen LogP contribution is 2.22. The predicted octanol–water partition coefficient (Wildman–Crippen LogP) is 2.85. The lowest BCUT2D eigenvalue weighted by atomic mass is 9.96. The van der Waals surface area contributed by atoms with Crippen LogP contribution in [-0.2, 0) is 6.54 Å². The molecule has 1 N–H and O–H groups in total. The largest absolute Gasteiger partial charge is 0.355 e. The summed E-state index contributed by atoms with van der Waals surface area (Å²) in [6, 6.07) is 0. The van der Waals surface area contributed by atoms with Gasteiger partial charge in [-0.1, -0.05) is 27.2 Å². The molecule has 0 spiro atoms. The van der Waals surface area contributed by atoms with Crippen molar-refractivity contribution in [3.8, 4) is 0 Å². The molecule has 2 rings (SSSR count). The molecule has 0 bridgehead atoms. The van der Waals surface area contributed by atoms with Crippen molar-refractivity contribution in [2.45, 2.75) is 46.6 Å². The summed E-state index contributed by atoms with van der Waals surface area (Å²) in [5.74, 6) is 2.52. The van der Waals surface area contributed by atoms with Crippen LogP contribution in [0.15, 0.2) is 12.4 Å². The van der Waals surface area contributed by atoms with E-state index in [1.54, 1.807) is 0 Å². The van der Waals surface area contributed by atoms with Crippen LogP contribution in [0.1, 0.15) is 45.7 Å². The first kappa shape index (κ1) is 15.2. The highest BCUT2D eigenvalue weighted by atomic mass is 15.2. The van der Waals surface area contributed by atoms with Crippen LogP contribution in [0.2, 0.25) is 0 Å². The summed E-state index contributed by atoms with van der Waals surface area (Å²) in [5, 5.41) is 3.40. The molecule has 1 fully saturated rings. The van der Waals surface area contributed by atoms with E-state index in [-0.39, 0.29) is 0 Å². The van der Waals surface area contributed by atoms with Gasteiger partial charge in [-0.25, -0.2) is 4.98 Å². The van der Waals surface area contributed by atoms with Crippen molar-refractivity contribution in [3.63, 3.8) is 0 Å². The van der Waals surface area contributed by atoms with Crippen molar-refractivity contribution in [2.75, 3.05) is 24.5 Å². The van der Waals surface area contributed by atoms with Gasteiger partial charge in [0.25, 0.3) is 0 Å². The summed E-state index contributed by atoms with van der Waals surface area (Å²) < 4.78 is 0. The second kappa shape index (κ2) is 7.58. The third kappa shape index (κ3) is 4.44. The summed E-state index contributed by atoms with van der Waals surface area (Å²) in [7, 11) is 0. The maximum atomic E-state index is 4.59. The van der Waals surface area contributed by atoms with Gasteiger partial charge in [-0.05, 0) is 31.2 Å². The molecular formula is C16H28N4. The normalized spacial score (nSPS) is 19.6. The lowest BCUT2D eigenvalue weighted by Gasteiger charge is -2.32. The minimum absolute atomic E-state index is 0.668. The van der Waals surface area contributed by atoms with E-state index in [4.69, 9.17) is 0 Å². The van der Waals surface area contributed by atoms with Gasteiger partial charge in [0.05, 0.1) is 18.1 Å². The van der Waals surface area contributed by atoms with Crippen LogP contribution in [0.4, 0.5) is 5.82 Å². The van der Waals surface area contributed by atoms with Gasteiger partial charge in [-0.15, -0.1) is 0 Å². The van der Waals surface area contributed by atoms with Gasteiger partial charge in [-0.2, -0.15) is 0 Å². The van der Waals surface area contributed by atoms with Crippen molar-refractivity contribution >= 4 is 5.82 Å². The molecule has 1 unspecified atom stereocenters. The van der Waals surface area contributed by atoms with Crippen molar-refractivity contribution in [1.29, 1.82) is 0 Å². The van der Waals surface area contributed by atoms with E-state index in [9.17, 15) is 0 Å². The topological polar surface area (TPSA) is 41.1 Å². The van der Waals surface area contributed by atoms with Crippen LogP contribution >= 0.6 is 0 Å². The second-order valence-corrected chi connectivity index (χ2v) is 6.25. The highest BCUT2D eigenvalue weighted by molar-refractivity contribution is 5.36. The third-order valence-electron chi connectivity index (χ3n) is 3.97. The molecule has 1 aliphatic heterocycles. The fourth-order valence-electron chi connectivity index (χ4n) is 2.70.